The van der Waals surface area contributed by atoms with E-state index < -0.39 is 11.7 Å². The van der Waals surface area contributed by atoms with Gasteiger partial charge in [0.25, 0.3) is 11.7 Å². The first-order valence-corrected chi connectivity index (χ1v) is 5.18. The van der Waals surface area contributed by atoms with E-state index in [-0.39, 0.29) is 5.54 Å². The van der Waals surface area contributed by atoms with Crippen molar-refractivity contribution in [1.29, 1.82) is 0 Å². The Kier molecular flexibility index (Phi) is 3.06. The molecule has 1 N–H and O–H groups in total. The minimum Gasteiger partial charge on any atom is -0.345 e. The van der Waals surface area contributed by atoms with Crippen molar-refractivity contribution in [3.05, 3.63) is 22.4 Å². The number of carbonyl (C=O) groups excluding carboxylic acids is 2. The van der Waals surface area contributed by atoms with Gasteiger partial charge in [-0.05, 0) is 32.2 Å². The Labute approximate surface area is 87.1 Å². The summed E-state index contributed by atoms with van der Waals surface area (Å²) < 4.78 is 0. The van der Waals surface area contributed by atoms with Crippen LogP contribution in [0.5, 0.6) is 0 Å². The monoisotopic (exact) mass is 211 g/mol. The Bertz CT molecular complexity index is 336. The van der Waals surface area contributed by atoms with E-state index in [0.29, 0.717) is 4.88 Å². The number of hydrogen-bond acceptors (Lipinski definition) is 3. The van der Waals surface area contributed by atoms with Crippen LogP contribution in [0.25, 0.3) is 0 Å². The fourth-order valence-corrected chi connectivity index (χ4v) is 1.58. The van der Waals surface area contributed by atoms with Crippen molar-refractivity contribution in [3.63, 3.8) is 0 Å². The zero-order chi connectivity index (χ0) is 10.8. The minimum atomic E-state index is -0.542. The van der Waals surface area contributed by atoms with Gasteiger partial charge in [0.2, 0.25) is 0 Å². The number of carbonyl (C=O) groups is 2. The van der Waals surface area contributed by atoms with E-state index in [1.165, 1.54) is 11.3 Å². The molecular weight excluding hydrogens is 198 g/mol. The molecule has 1 aromatic rings. The molecule has 0 aliphatic carbocycles. The van der Waals surface area contributed by atoms with Gasteiger partial charge in [0.05, 0.1) is 4.88 Å². The molecule has 0 spiro atoms. The SMILES string of the molecule is CC(C)(C)NC(=O)C(=O)c1cccs1. The van der Waals surface area contributed by atoms with Crippen molar-refractivity contribution in [1.82, 2.24) is 5.32 Å². The number of amides is 1. The molecule has 0 atom stereocenters. The molecule has 0 bridgehead atoms. The summed E-state index contributed by atoms with van der Waals surface area (Å²) in [6, 6.07) is 3.40. The molecule has 76 valence electrons. The lowest BCUT2D eigenvalue weighted by Gasteiger charge is -2.19. The van der Waals surface area contributed by atoms with Crippen molar-refractivity contribution in [2.75, 3.05) is 0 Å². The highest BCUT2D eigenvalue weighted by atomic mass is 32.1. The van der Waals surface area contributed by atoms with Gasteiger partial charge in [0.15, 0.2) is 0 Å². The van der Waals surface area contributed by atoms with E-state index >= 15 is 0 Å². The molecule has 0 saturated heterocycles. The van der Waals surface area contributed by atoms with Crippen LogP contribution in [-0.4, -0.2) is 17.2 Å². The Morgan fingerprint density at radius 3 is 2.43 bits per heavy atom. The molecule has 0 radical (unpaired) electrons. The third kappa shape index (κ3) is 2.96. The first-order chi connectivity index (χ1) is 6.40. The molecule has 0 saturated carbocycles. The largest absolute Gasteiger partial charge is 0.345 e. The van der Waals surface area contributed by atoms with Crippen molar-refractivity contribution in [2.24, 2.45) is 0 Å². The van der Waals surface area contributed by atoms with Crippen LogP contribution in [0.4, 0.5) is 0 Å². The Morgan fingerprint density at radius 1 is 1.36 bits per heavy atom. The first-order valence-electron chi connectivity index (χ1n) is 4.30. The van der Waals surface area contributed by atoms with E-state index in [9.17, 15) is 9.59 Å². The highest BCUT2D eigenvalue weighted by Gasteiger charge is 2.21. The molecule has 1 amide bonds. The highest BCUT2D eigenvalue weighted by Crippen LogP contribution is 2.10. The third-order valence-corrected chi connectivity index (χ3v) is 2.31. The molecule has 0 aromatic carbocycles. The van der Waals surface area contributed by atoms with Gasteiger partial charge < -0.3 is 5.32 Å². The maximum absolute atomic E-state index is 11.5. The van der Waals surface area contributed by atoms with Gasteiger partial charge in [0.1, 0.15) is 0 Å². The molecule has 0 unspecified atom stereocenters. The fraction of sp³-hybridized carbons (Fsp3) is 0.400. The van der Waals surface area contributed by atoms with Crippen molar-refractivity contribution in [2.45, 2.75) is 26.3 Å². The summed E-state index contributed by atoms with van der Waals surface area (Å²) in [5.74, 6) is -1.00. The summed E-state index contributed by atoms with van der Waals surface area (Å²) >= 11 is 1.27. The second kappa shape index (κ2) is 3.92. The number of hydrogen-bond donors (Lipinski definition) is 1. The molecule has 3 nitrogen and oxygen atoms in total. The van der Waals surface area contributed by atoms with Crippen LogP contribution in [0.3, 0.4) is 0 Å². The Morgan fingerprint density at radius 2 is 2.00 bits per heavy atom. The van der Waals surface area contributed by atoms with Gasteiger partial charge in [-0.2, -0.15) is 0 Å². The normalized spacial score (nSPS) is 11.1. The lowest BCUT2D eigenvalue weighted by atomic mass is 10.1. The molecule has 0 aliphatic rings. The van der Waals surface area contributed by atoms with E-state index in [2.05, 4.69) is 5.32 Å². The van der Waals surface area contributed by atoms with Crippen molar-refractivity contribution >= 4 is 23.0 Å². The van der Waals surface area contributed by atoms with E-state index in [4.69, 9.17) is 0 Å². The smallest absolute Gasteiger partial charge is 0.293 e. The number of Topliss-reactive ketones (excluding diaryl/α,β-unsaturated/α-hetero) is 1. The molecule has 1 aromatic heterocycles. The summed E-state index contributed by atoms with van der Waals surface area (Å²) in [6.45, 7) is 5.52. The molecule has 4 heteroatoms. The van der Waals surface area contributed by atoms with Gasteiger partial charge in [-0.3, -0.25) is 9.59 Å². The van der Waals surface area contributed by atoms with Crippen LogP contribution >= 0.6 is 11.3 Å². The summed E-state index contributed by atoms with van der Waals surface area (Å²) in [5.41, 5.74) is -0.371. The Hall–Kier alpha value is -1.16. The summed E-state index contributed by atoms with van der Waals surface area (Å²) in [4.78, 5) is 23.4. The van der Waals surface area contributed by atoms with Crippen LogP contribution in [0.1, 0.15) is 30.4 Å². The molecule has 0 fully saturated rings. The maximum Gasteiger partial charge on any atom is 0.293 e. The second-order valence-corrected chi connectivity index (χ2v) is 4.96. The zero-order valence-electron chi connectivity index (χ0n) is 8.46. The second-order valence-electron chi connectivity index (χ2n) is 4.01. The summed E-state index contributed by atoms with van der Waals surface area (Å²) in [7, 11) is 0. The molecule has 1 heterocycles. The van der Waals surface area contributed by atoms with Crippen LogP contribution in [0, 0.1) is 0 Å². The molecule has 1 rings (SSSR count). The predicted molar refractivity (Wildman–Crippen MR) is 56.5 cm³/mol. The third-order valence-electron chi connectivity index (χ3n) is 1.44. The van der Waals surface area contributed by atoms with Crippen LogP contribution < -0.4 is 5.32 Å². The first kappa shape index (κ1) is 10.9. The van der Waals surface area contributed by atoms with Gasteiger partial charge >= 0.3 is 0 Å². The van der Waals surface area contributed by atoms with Crippen LogP contribution in [-0.2, 0) is 4.79 Å². The summed E-state index contributed by atoms with van der Waals surface area (Å²) in [5, 5.41) is 4.40. The average Bonchev–Trinajstić information content (AvgIpc) is 2.51. The van der Waals surface area contributed by atoms with E-state index in [0.717, 1.165) is 0 Å². The molecule has 0 aliphatic heterocycles. The lowest BCUT2D eigenvalue weighted by Crippen LogP contribution is -2.44. The van der Waals surface area contributed by atoms with E-state index in [1.807, 2.05) is 20.8 Å². The zero-order valence-corrected chi connectivity index (χ0v) is 9.27. The molecule has 14 heavy (non-hydrogen) atoms. The van der Waals surface area contributed by atoms with Gasteiger partial charge in [0, 0.05) is 5.54 Å². The Balaban J connectivity index is 2.68. The van der Waals surface area contributed by atoms with E-state index in [1.54, 1.807) is 17.5 Å². The summed E-state index contributed by atoms with van der Waals surface area (Å²) in [6.07, 6.45) is 0. The topological polar surface area (TPSA) is 46.2 Å². The predicted octanol–water partition coefficient (Wildman–Crippen LogP) is 1.85. The quantitative estimate of drug-likeness (QED) is 0.599. The van der Waals surface area contributed by atoms with Gasteiger partial charge in [-0.15, -0.1) is 11.3 Å². The van der Waals surface area contributed by atoms with Crippen molar-refractivity contribution in [3.8, 4) is 0 Å². The van der Waals surface area contributed by atoms with Gasteiger partial charge in [-0.1, -0.05) is 6.07 Å². The van der Waals surface area contributed by atoms with Crippen LogP contribution in [0.15, 0.2) is 17.5 Å². The standard InChI is InChI=1S/C10H13NO2S/c1-10(2,3)11-9(13)8(12)7-5-4-6-14-7/h4-6H,1-3H3,(H,11,13). The fourth-order valence-electron chi connectivity index (χ4n) is 0.917. The minimum absolute atomic E-state index is 0.371. The highest BCUT2D eigenvalue weighted by molar-refractivity contribution is 7.13. The number of rotatable bonds is 2. The van der Waals surface area contributed by atoms with Crippen LogP contribution in [0.2, 0.25) is 0 Å². The maximum atomic E-state index is 11.5. The van der Waals surface area contributed by atoms with Gasteiger partial charge in [-0.25, -0.2) is 0 Å². The number of nitrogens with one attached hydrogen (secondary N) is 1. The number of thiophene rings is 1. The van der Waals surface area contributed by atoms with Crippen molar-refractivity contribution < 1.29 is 9.59 Å². The number of ketones is 1. The molecular formula is C10H13NO2S. The lowest BCUT2D eigenvalue weighted by molar-refractivity contribution is -0.118. The average molecular weight is 211 g/mol.